The molecule has 0 amide bonds. The molecule has 0 bridgehead atoms. The molecule has 0 aliphatic carbocycles. The second-order valence-corrected chi connectivity index (χ2v) is 11.3. The highest BCUT2D eigenvalue weighted by atomic mass is 35.5. The quantitative estimate of drug-likeness (QED) is 0.188. The Hall–Kier alpha value is -5.91. The zero-order valence-electron chi connectivity index (χ0n) is 24.6. The predicted molar refractivity (Wildman–Crippen MR) is 187 cm³/mol. The SMILES string of the molecule is Clc1ccnc2c1nc(-c1ccc(-c3ccccc3)cc1)n2-c1cccc(-c2nc(-c3ccccc3)cc(-c3ccccc3)n2)c1. The van der Waals surface area contributed by atoms with Gasteiger partial charge >= 0.3 is 0 Å². The number of rotatable bonds is 6. The fourth-order valence-corrected chi connectivity index (χ4v) is 5.88. The summed E-state index contributed by atoms with van der Waals surface area (Å²) in [6.07, 6.45) is 1.72. The van der Waals surface area contributed by atoms with Gasteiger partial charge in [0.05, 0.1) is 16.4 Å². The molecule has 5 nitrogen and oxygen atoms in total. The zero-order valence-corrected chi connectivity index (χ0v) is 25.4. The van der Waals surface area contributed by atoms with Crippen molar-refractivity contribution in [3.8, 4) is 62.1 Å². The van der Waals surface area contributed by atoms with E-state index in [1.165, 1.54) is 0 Å². The van der Waals surface area contributed by atoms with E-state index in [-0.39, 0.29) is 0 Å². The standard InChI is InChI=1S/C40H26ClN5/c41-34-23-24-42-40-37(34)45-39(31-21-19-28(20-22-31)27-11-4-1-5-12-27)46(40)33-18-10-17-32(25-33)38-43-35(29-13-6-2-7-14-29)26-36(44-38)30-15-8-3-9-16-30/h1-26H. The smallest absolute Gasteiger partial charge is 0.166 e. The van der Waals surface area contributed by atoms with Gasteiger partial charge in [0.15, 0.2) is 11.5 Å². The van der Waals surface area contributed by atoms with Crippen molar-refractivity contribution in [3.63, 3.8) is 0 Å². The summed E-state index contributed by atoms with van der Waals surface area (Å²) in [5.41, 5.74) is 10.1. The van der Waals surface area contributed by atoms with Crippen LogP contribution in [-0.2, 0) is 0 Å². The van der Waals surface area contributed by atoms with Crippen LogP contribution in [0, 0.1) is 0 Å². The lowest BCUT2D eigenvalue weighted by molar-refractivity contribution is 1.07. The number of imidazole rings is 1. The van der Waals surface area contributed by atoms with Crippen LogP contribution < -0.4 is 0 Å². The Morgan fingerprint density at radius 2 is 1.00 bits per heavy atom. The summed E-state index contributed by atoms with van der Waals surface area (Å²) in [6, 6.07) is 51.2. The van der Waals surface area contributed by atoms with Crippen LogP contribution in [0.25, 0.3) is 73.3 Å². The number of hydrogen-bond donors (Lipinski definition) is 0. The third-order valence-corrected chi connectivity index (χ3v) is 8.28. The van der Waals surface area contributed by atoms with Crippen LogP contribution in [0.15, 0.2) is 158 Å². The van der Waals surface area contributed by atoms with Crippen LogP contribution in [0.2, 0.25) is 5.02 Å². The Bertz CT molecular complexity index is 2240. The molecule has 6 heteroatoms. The normalized spacial score (nSPS) is 11.2. The number of hydrogen-bond acceptors (Lipinski definition) is 4. The van der Waals surface area contributed by atoms with E-state index in [0.29, 0.717) is 22.0 Å². The molecule has 3 heterocycles. The number of aromatic nitrogens is 5. The first kappa shape index (κ1) is 27.6. The van der Waals surface area contributed by atoms with Crippen LogP contribution in [0.5, 0.6) is 0 Å². The summed E-state index contributed by atoms with van der Waals surface area (Å²) in [4.78, 5) is 19.8. The molecule has 0 N–H and O–H groups in total. The summed E-state index contributed by atoms with van der Waals surface area (Å²) in [5.74, 6) is 1.38. The van der Waals surface area contributed by atoms with E-state index in [9.17, 15) is 0 Å². The maximum Gasteiger partial charge on any atom is 0.166 e. The van der Waals surface area contributed by atoms with Crippen molar-refractivity contribution < 1.29 is 0 Å². The average Bonchev–Trinajstić information content (AvgIpc) is 3.54. The van der Waals surface area contributed by atoms with Crippen molar-refractivity contribution in [2.75, 3.05) is 0 Å². The van der Waals surface area contributed by atoms with E-state index in [1.807, 2.05) is 78.9 Å². The summed E-state index contributed by atoms with van der Waals surface area (Å²) >= 11 is 6.67. The minimum atomic E-state index is 0.549. The molecule has 3 aromatic heterocycles. The molecule has 0 aliphatic heterocycles. The average molecular weight is 612 g/mol. The molecular formula is C40H26ClN5. The van der Waals surface area contributed by atoms with E-state index in [4.69, 9.17) is 31.5 Å². The van der Waals surface area contributed by atoms with E-state index < -0.39 is 0 Å². The van der Waals surface area contributed by atoms with Crippen molar-refractivity contribution in [3.05, 3.63) is 163 Å². The van der Waals surface area contributed by atoms with Crippen LogP contribution in [-0.4, -0.2) is 24.5 Å². The van der Waals surface area contributed by atoms with E-state index in [0.717, 1.165) is 56.3 Å². The third kappa shape index (κ3) is 5.23. The van der Waals surface area contributed by atoms with Gasteiger partial charge in [-0.1, -0.05) is 139 Å². The molecule has 46 heavy (non-hydrogen) atoms. The van der Waals surface area contributed by atoms with Gasteiger partial charge in [-0.25, -0.2) is 19.9 Å². The highest BCUT2D eigenvalue weighted by Gasteiger charge is 2.19. The zero-order chi connectivity index (χ0) is 30.9. The number of nitrogens with zero attached hydrogens (tertiary/aromatic N) is 5. The van der Waals surface area contributed by atoms with E-state index >= 15 is 0 Å². The largest absolute Gasteiger partial charge is 0.277 e. The van der Waals surface area contributed by atoms with Crippen LogP contribution in [0.4, 0.5) is 0 Å². The number of pyridine rings is 1. The molecule has 218 valence electrons. The molecule has 0 aliphatic rings. The van der Waals surface area contributed by atoms with E-state index in [2.05, 4.69) is 71.3 Å². The lowest BCUT2D eigenvalue weighted by atomic mass is 10.0. The number of halogens is 1. The van der Waals surface area contributed by atoms with Gasteiger partial charge in [0.2, 0.25) is 0 Å². The Balaban J connectivity index is 1.28. The first-order valence-corrected chi connectivity index (χ1v) is 15.4. The molecule has 0 saturated carbocycles. The highest BCUT2D eigenvalue weighted by Crippen LogP contribution is 2.34. The Labute approximate surface area is 271 Å². The first-order valence-electron chi connectivity index (χ1n) is 15.0. The van der Waals surface area contributed by atoms with Crippen LogP contribution >= 0.6 is 11.6 Å². The van der Waals surface area contributed by atoms with Gasteiger partial charge in [0.25, 0.3) is 0 Å². The van der Waals surface area contributed by atoms with Crippen molar-refractivity contribution in [2.45, 2.75) is 0 Å². The van der Waals surface area contributed by atoms with Gasteiger partial charge < -0.3 is 0 Å². The predicted octanol–water partition coefficient (Wildman–Crippen LogP) is 10.2. The molecule has 0 saturated heterocycles. The molecule has 5 aromatic carbocycles. The Morgan fingerprint density at radius 1 is 0.457 bits per heavy atom. The maximum atomic E-state index is 6.67. The van der Waals surface area contributed by atoms with Gasteiger partial charge in [0.1, 0.15) is 11.3 Å². The van der Waals surface area contributed by atoms with Crippen molar-refractivity contribution in [1.29, 1.82) is 0 Å². The lowest BCUT2D eigenvalue weighted by Gasteiger charge is -2.13. The lowest BCUT2D eigenvalue weighted by Crippen LogP contribution is -2.00. The molecule has 0 atom stereocenters. The summed E-state index contributed by atoms with van der Waals surface area (Å²) in [7, 11) is 0. The molecule has 0 unspecified atom stereocenters. The Morgan fingerprint density at radius 3 is 1.63 bits per heavy atom. The van der Waals surface area contributed by atoms with Crippen LogP contribution in [0.3, 0.4) is 0 Å². The fraction of sp³-hybridized carbons (Fsp3) is 0. The van der Waals surface area contributed by atoms with Gasteiger partial charge in [-0.2, -0.15) is 0 Å². The van der Waals surface area contributed by atoms with Crippen molar-refractivity contribution in [1.82, 2.24) is 24.5 Å². The highest BCUT2D eigenvalue weighted by molar-refractivity contribution is 6.34. The molecule has 0 radical (unpaired) electrons. The molecule has 0 spiro atoms. The van der Waals surface area contributed by atoms with Gasteiger partial charge in [-0.15, -0.1) is 0 Å². The van der Waals surface area contributed by atoms with Crippen LogP contribution in [0.1, 0.15) is 0 Å². The second kappa shape index (κ2) is 11.9. The monoisotopic (exact) mass is 611 g/mol. The van der Waals surface area contributed by atoms with Crippen molar-refractivity contribution in [2.24, 2.45) is 0 Å². The van der Waals surface area contributed by atoms with Gasteiger partial charge in [0, 0.05) is 34.1 Å². The molecule has 0 fully saturated rings. The van der Waals surface area contributed by atoms with E-state index in [1.54, 1.807) is 12.3 Å². The molecular weight excluding hydrogens is 586 g/mol. The minimum Gasteiger partial charge on any atom is -0.277 e. The maximum absolute atomic E-state index is 6.67. The molecule has 8 aromatic rings. The number of benzene rings is 5. The fourth-order valence-electron chi connectivity index (χ4n) is 5.70. The topological polar surface area (TPSA) is 56.5 Å². The molecule has 8 rings (SSSR count). The van der Waals surface area contributed by atoms with Gasteiger partial charge in [-0.3, -0.25) is 4.57 Å². The Kier molecular flexibility index (Phi) is 7.14. The van der Waals surface area contributed by atoms with Crippen molar-refractivity contribution >= 4 is 22.8 Å². The third-order valence-electron chi connectivity index (χ3n) is 7.98. The number of fused-ring (bicyclic) bond motifs is 1. The minimum absolute atomic E-state index is 0.549. The summed E-state index contributed by atoms with van der Waals surface area (Å²) < 4.78 is 2.06. The van der Waals surface area contributed by atoms with Gasteiger partial charge in [-0.05, 0) is 35.4 Å². The second-order valence-electron chi connectivity index (χ2n) is 10.9. The summed E-state index contributed by atoms with van der Waals surface area (Å²) in [6.45, 7) is 0. The first-order chi connectivity index (χ1) is 22.7. The summed E-state index contributed by atoms with van der Waals surface area (Å²) in [5, 5.41) is 0.549.